The van der Waals surface area contributed by atoms with Gasteiger partial charge < -0.3 is 9.88 Å². The molecule has 0 bridgehead atoms. The number of aryl methyl sites for hydroxylation is 2. The van der Waals surface area contributed by atoms with Crippen molar-refractivity contribution >= 4 is 5.95 Å². The summed E-state index contributed by atoms with van der Waals surface area (Å²) in [4.78, 5) is 4.26. The minimum Gasteiger partial charge on any atom is -0.356 e. The summed E-state index contributed by atoms with van der Waals surface area (Å²) in [5, 5.41) is 3.27. The Kier molecular flexibility index (Phi) is 4.34. The fourth-order valence-corrected chi connectivity index (χ4v) is 1.84. The maximum Gasteiger partial charge on any atom is 0.202 e. The Morgan fingerprint density at radius 1 is 1.39 bits per heavy atom. The van der Waals surface area contributed by atoms with E-state index in [2.05, 4.69) is 21.8 Å². The van der Waals surface area contributed by atoms with E-state index in [1.807, 2.05) is 12.3 Å². The van der Waals surface area contributed by atoms with Gasteiger partial charge in [0, 0.05) is 25.5 Å². The van der Waals surface area contributed by atoms with Gasteiger partial charge in [-0.25, -0.2) is 9.37 Å². The second-order valence-electron chi connectivity index (χ2n) is 4.25. The number of hydrogen-bond acceptors (Lipinski definition) is 2. The summed E-state index contributed by atoms with van der Waals surface area (Å²) in [5.41, 5.74) is 1.00. The van der Waals surface area contributed by atoms with E-state index >= 15 is 0 Å². The number of halogens is 1. The normalized spacial score (nSPS) is 10.6. The van der Waals surface area contributed by atoms with E-state index in [1.54, 1.807) is 18.3 Å². The summed E-state index contributed by atoms with van der Waals surface area (Å²) in [7, 11) is 0. The molecule has 1 aromatic heterocycles. The van der Waals surface area contributed by atoms with Gasteiger partial charge in [0.1, 0.15) is 5.82 Å². The van der Waals surface area contributed by atoms with Crippen LogP contribution in [0.5, 0.6) is 0 Å². The molecule has 96 valence electrons. The Hall–Kier alpha value is -1.84. The first kappa shape index (κ1) is 12.6. The fraction of sp³-hybridized carbons (Fsp3) is 0.357. The molecule has 2 aromatic rings. The van der Waals surface area contributed by atoms with Crippen molar-refractivity contribution in [2.24, 2.45) is 0 Å². The average Bonchev–Trinajstić information content (AvgIpc) is 2.81. The molecule has 4 heteroatoms. The number of nitrogens with one attached hydrogen (secondary N) is 1. The smallest absolute Gasteiger partial charge is 0.202 e. The van der Waals surface area contributed by atoms with Gasteiger partial charge in [0.25, 0.3) is 0 Å². The quantitative estimate of drug-likeness (QED) is 0.850. The topological polar surface area (TPSA) is 29.9 Å². The molecular weight excluding hydrogens is 229 g/mol. The number of anilines is 1. The number of imidazole rings is 1. The number of aromatic nitrogens is 2. The van der Waals surface area contributed by atoms with Gasteiger partial charge in [-0.05, 0) is 30.5 Å². The number of benzene rings is 1. The van der Waals surface area contributed by atoms with E-state index < -0.39 is 0 Å². The summed E-state index contributed by atoms with van der Waals surface area (Å²) in [6.07, 6.45) is 5.59. The number of hydrogen-bond donors (Lipinski definition) is 1. The molecule has 1 N–H and O–H groups in total. The van der Waals surface area contributed by atoms with Crippen molar-refractivity contribution < 1.29 is 4.39 Å². The molecule has 0 spiro atoms. The van der Waals surface area contributed by atoms with Crippen LogP contribution in [0.15, 0.2) is 36.7 Å². The third-order valence-corrected chi connectivity index (χ3v) is 2.78. The van der Waals surface area contributed by atoms with Crippen LogP contribution in [0, 0.1) is 5.82 Å². The van der Waals surface area contributed by atoms with E-state index in [0.29, 0.717) is 0 Å². The highest BCUT2D eigenvalue weighted by Gasteiger charge is 2.02. The third-order valence-electron chi connectivity index (χ3n) is 2.78. The Morgan fingerprint density at radius 3 is 3.06 bits per heavy atom. The second-order valence-corrected chi connectivity index (χ2v) is 4.25. The lowest BCUT2D eigenvalue weighted by atomic mass is 10.1. The van der Waals surface area contributed by atoms with Crippen LogP contribution in [0.1, 0.15) is 18.9 Å². The minimum atomic E-state index is -0.178. The van der Waals surface area contributed by atoms with Crippen LogP contribution in [-0.4, -0.2) is 16.1 Å². The molecule has 1 aromatic carbocycles. The van der Waals surface area contributed by atoms with Crippen LogP contribution in [0.3, 0.4) is 0 Å². The summed E-state index contributed by atoms with van der Waals surface area (Å²) in [6, 6.07) is 6.74. The first-order chi connectivity index (χ1) is 8.79. The average molecular weight is 247 g/mol. The summed E-state index contributed by atoms with van der Waals surface area (Å²) in [5.74, 6) is 0.704. The van der Waals surface area contributed by atoms with E-state index in [9.17, 15) is 4.39 Å². The van der Waals surface area contributed by atoms with Crippen molar-refractivity contribution in [1.29, 1.82) is 0 Å². The second kappa shape index (κ2) is 6.19. The number of rotatable bonds is 6. The zero-order chi connectivity index (χ0) is 12.8. The first-order valence-corrected chi connectivity index (χ1v) is 6.29. The largest absolute Gasteiger partial charge is 0.356 e. The van der Waals surface area contributed by atoms with Crippen LogP contribution < -0.4 is 5.32 Å². The molecule has 0 aliphatic rings. The SMILES string of the molecule is CCCNc1nccn1CCc1cccc(F)c1. The summed E-state index contributed by atoms with van der Waals surface area (Å²) < 4.78 is 15.1. The molecular formula is C14H18FN3. The Bertz CT molecular complexity index is 493. The van der Waals surface area contributed by atoms with Crippen LogP contribution in [0.25, 0.3) is 0 Å². The molecule has 0 fully saturated rings. The maximum absolute atomic E-state index is 13.0. The zero-order valence-corrected chi connectivity index (χ0v) is 10.6. The van der Waals surface area contributed by atoms with Crippen molar-refractivity contribution in [1.82, 2.24) is 9.55 Å². The van der Waals surface area contributed by atoms with E-state index in [-0.39, 0.29) is 5.82 Å². The summed E-state index contributed by atoms with van der Waals surface area (Å²) >= 11 is 0. The molecule has 0 unspecified atom stereocenters. The van der Waals surface area contributed by atoms with Crippen LogP contribution >= 0.6 is 0 Å². The fourth-order valence-electron chi connectivity index (χ4n) is 1.84. The highest BCUT2D eigenvalue weighted by molar-refractivity contribution is 5.26. The molecule has 18 heavy (non-hydrogen) atoms. The van der Waals surface area contributed by atoms with Crippen molar-refractivity contribution in [3.05, 3.63) is 48.0 Å². The Morgan fingerprint density at radius 2 is 2.28 bits per heavy atom. The van der Waals surface area contributed by atoms with E-state index in [0.717, 1.165) is 37.4 Å². The molecule has 0 aliphatic carbocycles. The lowest BCUT2D eigenvalue weighted by Crippen LogP contribution is -2.09. The molecule has 1 heterocycles. The lowest BCUT2D eigenvalue weighted by molar-refractivity contribution is 0.622. The van der Waals surface area contributed by atoms with Crippen LogP contribution in [0.2, 0.25) is 0 Å². The molecule has 0 atom stereocenters. The first-order valence-electron chi connectivity index (χ1n) is 6.29. The maximum atomic E-state index is 13.0. The number of nitrogens with zero attached hydrogens (tertiary/aromatic N) is 2. The molecule has 0 aliphatic heterocycles. The predicted molar refractivity (Wildman–Crippen MR) is 71.1 cm³/mol. The van der Waals surface area contributed by atoms with Gasteiger partial charge >= 0.3 is 0 Å². The van der Waals surface area contributed by atoms with Crippen LogP contribution in [-0.2, 0) is 13.0 Å². The van der Waals surface area contributed by atoms with Crippen molar-refractivity contribution in [2.75, 3.05) is 11.9 Å². The highest BCUT2D eigenvalue weighted by Crippen LogP contribution is 2.09. The molecule has 0 saturated heterocycles. The van der Waals surface area contributed by atoms with Gasteiger partial charge in [-0.2, -0.15) is 0 Å². The monoisotopic (exact) mass is 247 g/mol. The Balaban J connectivity index is 1.95. The standard InChI is InChI=1S/C14H18FN3/c1-2-7-16-14-17-8-10-18(14)9-6-12-4-3-5-13(15)11-12/h3-5,8,10-11H,2,6-7,9H2,1H3,(H,16,17). The van der Waals surface area contributed by atoms with Gasteiger partial charge in [-0.15, -0.1) is 0 Å². The molecule has 3 nitrogen and oxygen atoms in total. The molecule has 0 radical (unpaired) electrons. The van der Waals surface area contributed by atoms with Gasteiger partial charge in [-0.1, -0.05) is 19.1 Å². The van der Waals surface area contributed by atoms with Gasteiger partial charge in [0.2, 0.25) is 5.95 Å². The predicted octanol–water partition coefficient (Wildman–Crippen LogP) is 3.09. The lowest BCUT2D eigenvalue weighted by Gasteiger charge is -2.09. The van der Waals surface area contributed by atoms with E-state index in [1.165, 1.54) is 6.07 Å². The van der Waals surface area contributed by atoms with Crippen LogP contribution in [0.4, 0.5) is 10.3 Å². The molecule has 0 saturated carbocycles. The van der Waals surface area contributed by atoms with Gasteiger partial charge in [0.15, 0.2) is 0 Å². The minimum absolute atomic E-state index is 0.178. The Labute approximate surface area is 107 Å². The van der Waals surface area contributed by atoms with Gasteiger partial charge in [-0.3, -0.25) is 0 Å². The van der Waals surface area contributed by atoms with Gasteiger partial charge in [0.05, 0.1) is 0 Å². The van der Waals surface area contributed by atoms with Crippen molar-refractivity contribution in [2.45, 2.75) is 26.3 Å². The summed E-state index contributed by atoms with van der Waals surface area (Å²) in [6.45, 7) is 3.83. The third kappa shape index (κ3) is 3.32. The molecule has 0 amide bonds. The van der Waals surface area contributed by atoms with Crippen molar-refractivity contribution in [3.8, 4) is 0 Å². The van der Waals surface area contributed by atoms with Crippen molar-refractivity contribution in [3.63, 3.8) is 0 Å². The zero-order valence-electron chi connectivity index (χ0n) is 10.6. The molecule has 2 rings (SSSR count). The highest BCUT2D eigenvalue weighted by atomic mass is 19.1. The van der Waals surface area contributed by atoms with E-state index in [4.69, 9.17) is 0 Å².